The van der Waals surface area contributed by atoms with Crippen molar-refractivity contribution in [3.05, 3.63) is 105 Å². The van der Waals surface area contributed by atoms with Crippen molar-refractivity contribution in [3.8, 4) is 0 Å². The van der Waals surface area contributed by atoms with E-state index in [2.05, 4.69) is 5.32 Å². The summed E-state index contributed by atoms with van der Waals surface area (Å²) in [7, 11) is 0. The topological polar surface area (TPSA) is 49.4 Å². The molecule has 0 fully saturated rings. The Kier molecular flexibility index (Phi) is 8.87. The first kappa shape index (κ1) is 24.7. The average molecular weight is 487 g/mol. The third-order valence-corrected chi connectivity index (χ3v) is 5.89. The van der Waals surface area contributed by atoms with Gasteiger partial charge in [0, 0.05) is 36.0 Å². The Hall–Kier alpha value is -2.89. The van der Waals surface area contributed by atoms with Gasteiger partial charge in [-0.2, -0.15) is 0 Å². The van der Waals surface area contributed by atoms with E-state index in [0.717, 1.165) is 16.7 Å². The zero-order valence-electron chi connectivity index (χ0n) is 18.2. The summed E-state index contributed by atoms with van der Waals surface area (Å²) in [5.41, 5.74) is 2.39. The maximum Gasteiger partial charge on any atom is 0.243 e. The van der Waals surface area contributed by atoms with Crippen LogP contribution in [0, 0.1) is 5.82 Å². The Morgan fingerprint density at radius 3 is 2.30 bits per heavy atom. The van der Waals surface area contributed by atoms with Gasteiger partial charge in [0.2, 0.25) is 11.8 Å². The van der Waals surface area contributed by atoms with Crippen molar-refractivity contribution in [2.75, 3.05) is 0 Å². The van der Waals surface area contributed by atoms with Gasteiger partial charge in [-0.1, -0.05) is 78.7 Å². The van der Waals surface area contributed by atoms with Gasteiger partial charge in [-0.15, -0.1) is 0 Å². The molecule has 0 saturated carbocycles. The smallest absolute Gasteiger partial charge is 0.243 e. The molecule has 0 aliphatic carbocycles. The molecule has 0 aliphatic heterocycles. The quantitative estimate of drug-likeness (QED) is 0.415. The van der Waals surface area contributed by atoms with Crippen molar-refractivity contribution < 1.29 is 14.0 Å². The van der Waals surface area contributed by atoms with Gasteiger partial charge in [0.05, 0.1) is 0 Å². The Morgan fingerprint density at radius 2 is 1.67 bits per heavy atom. The van der Waals surface area contributed by atoms with Crippen LogP contribution < -0.4 is 5.32 Å². The van der Waals surface area contributed by atoms with Crippen LogP contribution in [0.15, 0.2) is 72.8 Å². The molecule has 0 bridgehead atoms. The fourth-order valence-electron chi connectivity index (χ4n) is 3.51. The summed E-state index contributed by atoms with van der Waals surface area (Å²) < 4.78 is 13.4. The van der Waals surface area contributed by atoms with Crippen LogP contribution in [0.25, 0.3) is 0 Å². The largest absolute Gasteiger partial charge is 0.350 e. The first-order valence-electron chi connectivity index (χ1n) is 10.7. The highest BCUT2D eigenvalue weighted by molar-refractivity contribution is 6.35. The van der Waals surface area contributed by atoms with Gasteiger partial charge < -0.3 is 10.2 Å². The predicted octanol–water partition coefficient (Wildman–Crippen LogP) is 5.80. The number of hydrogen-bond acceptors (Lipinski definition) is 2. The third kappa shape index (κ3) is 7.04. The van der Waals surface area contributed by atoms with Crippen molar-refractivity contribution in [2.24, 2.45) is 0 Å². The lowest BCUT2D eigenvalue weighted by Crippen LogP contribution is -2.50. The molecular formula is C26H25Cl2FN2O2. The first-order valence-corrected chi connectivity index (χ1v) is 11.4. The van der Waals surface area contributed by atoms with E-state index in [1.807, 2.05) is 30.3 Å². The fourth-order valence-corrected chi connectivity index (χ4v) is 3.98. The third-order valence-electron chi connectivity index (χ3n) is 5.31. The van der Waals surface area contributed by atoms with E-state index < -0.39 is 6.04 Å². The average Bonchev–Trinajstić information content (AvgIpc) is 2.82. The molecule has 0 spiro atoms. The lowest BCUT2D eigenvalue weighted by atomic mass is 10.0. The number of benzene rings is 3. The van der Waals surface area contributed by atoms with E-state index in [9.17, 15) is 14.0 Å². The van der Waals surface area contributed by atoms with Gasteiger partial charge in [0.25, 0.3) is 0 Å². The maximum atomic E-state index is 13.4. The molecule has 3 aromatic rings. The van der Waals surface area contributed by atoms with Crippen LogP contribution in [0.4, 0.5) is 4.39 Å². The Balaban J connectivity index is 1.86. The van der Waals surface area contributed by atoms with Gasteiger partial charge in [0.15, 0.2) is 0 Å². The summed E-state index contributed by atoms with van der Waals surface area (Å²) in [6.45, 7) is 2.15. The fraction of sp³-hybridized carbons (Fsp3) is 0.231. The number of carbonyl (C=O) groups is 2. The first-order chi connectivity index (χ1) is 15.9. The van der Waals surface area contributed by atoms with Gasteiger partial charge >= 0.3 is 0 Å². The van der Waals surface area contributed by atoms with E-state index in [1.165, 1.54) is 12.1 Å². The van der Waals surface area contributed by atoms with Crippen LogP contribution in [-0.2, 0) is 29.1 Å². The van der Waals surface area contributed by atoms with Crippen molar-refractivity contribution in [3.63, 3.8) is 0 Å². The molecule has 7 heteroatoms. The summed E-state index contributed by atoms with van der Waals surface area (Å²) in [5.74, 6) is -0.820. The summed E-state index contributed by atoms with van der Waals surface area (Å²) in [6, 6.07) is 19.8. The number of rotatable bonds is 9. The van der Waals surface area contributed by atoms with Gasteiger partial charge in [-0.3, -0.25) is 9.59 Å². The van der Waals surface area contributed by atoms with E-state index in [-0.39, 0.29) is 37.1 Å². The lowest BCUT2D eigenvalue weighted by Gasteiger charge is -2.31. The second-order valence-corrected chi connectivity index (χ2v) is 8.50. The second-order valence-electron chi connectivity index (χ2n) is 7.66. The standard InChI is InChI=1S/C26H25Cl2FN2O2/c1-2-25(32)31(17-19-8-12-22(29)13-9-19)24(14-18-6-4-3-5-7-18)26(33)30-16-20-10-11-21(27)15-23(20)28/h3-13,15,24H,2,14,16-17H2,1H3,(H,30,33)/t24-/m1/s1. The van der Waals surface area contributed by atoms with Crippen molar-refractivity contribution >= 4 is 35.0 Å². The van der Waals surface area contributed by atoms with Crippen molar-refractivity contribution in [2.45, 2.75) is 38.9 Å². The lowest BCUT2D eigenvalue weighted by molar-refractivity contribution is -0.141. The monoisotopic (exact) mass is 486 g/mol. The highest BCUT2D eigenvalue weighted by Crippen LogP contribution is 2.21. The summed E-state index contributed by atoms with van der Waals surface area (Å²) >= 11 is 12.2. The van der Waals surface area contributed by atoms with Crippen molar-refractivity contribution in [1.29, 1.82) is 0 Å². The van der Waals surface area contributed by atoms with Crippen molar-refractivity contribution in [1.82, 2.24) is 10.2 Å². The Labute approximate surface area is 203 Å². The Morgan fingerprint density at radius 1 is 0.970 bits per heavy atom. The molecule has 33 heavy (non-hydrogen) atoms. The summed E-state index contributed by atoms with van der Waals surface area (Å²) in [5, 5.41) is 3.88. The second kappa shape index (κ2) is 11.8. The SMILES string of the molecule is CCC(=O)N(Cc1ccc(F)cc1)[C@H](Cc1ccccc1)C(=O)NCc1ccc(Cl)cc1Cl. The van der Waals surface area contributed by atoms with Crippen LogP contribution in [0.3, 0.4) is 0 Å². The minimum absolute atomic E-state index is 0.167. The van der Waals surface area contributed by atoms with Crippen LogP contribution in [0.2, 0.25) is 10.0 Å². The molecular weight excluding hydrogens is 462 g/mol. The molecule has 4 nitrogen and oxygen atoms in total. The molecule has 172 valence electrons. The molecule has 0 saturated heterocycles. The zero-order chi connectivity index (χ0) is 23.8. The van der Waals surface area contributed by atoms with Crippen LogP contribution in [0.1, 0.15) is 30.0 Å². The molecule has 0 heterocycles. The Bertz CT molecular complexity index is 1090. The zero-order valence-corrected chi connectivity index (χ0v) is 19.7. The highest BCUT2D eigenvalue weighted by Gasteiger charge is 2.29. The summed E-state index contributed by atoms with van der Waals surface area (Å²) in [6.07, 6.45) is 0.580. The molecule has 0 aliphatic rings. The van der Waals surface area contributed by atoms with Gasteiger partial charge in [-0.05, 0) is 41.0 Å². The highest BCUT2D eigenvalue weighted by atomic mass is 35.5. The maximum absolute atomic E-state index is 13.4. The number of halogens is 3. The normalized spacial score (nSPS) is 11.6. The van der Waals surface area contributed by atoms with Crippen LogP contribution >= 0.6 is 23.2 Å². The molecule has 3 rings (SSSR count). The minimum atomic E-state index is -0.754. The van der Waals surface area contributed by atoms with Crippen LogP contribution in [-0.4, -0.2) is 22.8 Å². The van der Waals surface area contributed by atoms with E-state index in [1.54, 1.807) is 42.2 Å². The number of amides is 2. The number of hydrogen-bond donors (Lipinski definition) is 1. The molecule has 0 radical (unpaired) electrons. The summed E-state index contributed by atoms with van der Waals surface area (Å²) in [4.78, 5) is 27.8. The number of nitrogens with one attached hydrogen (secondary N) is 1. The molecule has 3 aromatic carbocycles. The molecule has 1 N–H and O–H groups in total. The number of nitrogens with zero attached hydrogens (tertiary/aromatic N) is 1. The van der Waals surface area contributed by atoms with Gasteiger partial charge in [-0.25, -0.2) is 4.39 Å². The van der Waals surface area contributed by atoms with Crippen LogP contribution in [0.5, 0.6) is 0 Å². The van der Waals surface area contributed by atoms with E-state index in [0.29, 0.717) is 16.5 Å². The van der Waals surface area contributed by atoms with Gasteiger partial charge in [0.1, 0.15) is 11.9 Å². The minimum Gasteiger partial charge on any atom is -0.350 e. The molecule has 1 atom stereocenters. The van der Waals surface area contributed by atoms with E-state index in [4.69, 9.17) is 23.2 Å². The number of carbonyl (C=O) groups excluding carboxylic acids is 2. The predicted molar refractivity (Wildman–Crippen MR) is 129 cm³/mol. The molecule has 0 aromatic heterocycles. The molecule has 0 unspecified atom stereocenters. The molecule has 2 amide bonds. The van der Waals surface area contributed by atoms with E-state index >= 15 is 0 Å².